The maximum absolute atomic E-state index is 11.5. The van der Waals surface area contributed by atoms with E-state index in [-0.39, 0.29) is 11.7 Å². The zero-order valence-corrected chi connectivity index (χ0v) is 11.9. The summed E-state index contributed by atoms with van der Waals surface area (Å²) in [7, 11) is 0. The van der Waals surface area contributed by atoms with Crippen molar-refractivity contribution in [3.8, 4) is 0 Å². The lowest BCUT2D eigenvalue weighted by Gasteiger charge is -2.26. The van der Waals surface area contributed by atoms with Gasteiger partial charge in [0, 0.05) is 25.3 Å². The Hall–Kier alpha value is -0.790. The van der Waals surface area contributed by atoms with Crippen molar-refractivity contribution in [2.24, 2.45) is 0 Å². The molecule has 1 amide bonds. The molecule has 19 heavy (non-hydrogen) atoms. The van der Waals surface area contributed by atoms with Gasteiger partial charge in [-0.05, 0) is 19.4 Å². The Balaban J connectivity index is 2.07. The lowest BCUT2D eigenvalue weighted by Crippen LogP contribution is -2.42. The third-order valence-electron chi connectivity index (χ3n) is 3.05. The van der Waals surface area contributed by atoms with E-state index in [1.165, 1.54) is 0 Å². The zero-order valence-electron chi connectivity index (χ0n) is 11.0. The van der Waals surface area contributed by atoms with Crippen LogP contribution in [0.2, 0.25) is 0 Å². The number of morpholine rings is 1. The number of rotatable bonds is 8. The number of ether oxygens (including phenoxy) is 1. The Labute approximate surface area is 118 Å². The Kier molecular flexibility index (Phi) is 7.85. The summed E-state index contributed by atoms with van der Waals surface area (Å²) < 4.78 is 5.25. The van der Waals surface area contributed by atoms with Crippen molar-refractivity contribution >= 4 is 24.5 Å². The summed E-state index contributed by atoms with van der Waals surface area (Å²) >= 11 is 3.89. The molecular weight excluding hydrogens is 268 g/mol. The molecule has 0 aromatic carbocycles. The first-order chi connectivity index (χ1) is 9.13. The van der Waals surface area contributed by atoms with Crippen LogP contribution in [0.25, 0.3) is 0 Å². The van der Waals surface area contributed by atoms with Crippen molar-refractivity contribution in [3.63, 3.8) is 0 Å². The van der Waals surface area contributed by atoms with Crippen LogP contribution in [0, 0.1) is 0 Å². The lowest BCUT2D eigenvalue weighted by atomic mass is 10.2. The van der Waals surface area contributed by atoms with Crippen LogP contribution < -0.4 is 5.32 Å². The number of carbonyl (C=O) groups is 2. The second-order valence-electron chi connectivity index (χ2n) is 4.55. The molecule has 0 saturated carbocycles. The van der Waals surface area contributed by atoms with E-state index >= 15 is 0 Å². The van der Waals surface area contributed by atoms with Crippen LogP contribution >= 0.6 is 12.6 Å². The van der Waals surface area contributed by atoms with Crippen LogP contribution in [0.15, 0.2) is 0 Å². The average Bonchev–Trinajstić information content (AvgIpc) is 2.42. The molecule has 1 rings (SSSR count). The molecule has 0 spiro atoms. The highest BCUT2D eigenvalue weighted by atomic mass is 32.1. The van der Waals surface area contributed by atoms with Crippen LogP contribution in [0.4, 0.5) is 0 Å². The predicted octanol–water partition coefficient (Wildman–Crippen LogP) is -0.0119. The van der Waals surface area contributed by atoms with Crippen molar-refractivity contribution in [1.29, 1.82) is 0 Å². The summed E-state index contributed by atoms with van der Waals surface area (Å²) in [5.41, 5.74) is 0. The summed E-state index contributed by atoms with van der Waals surface area (Å²) in [6.45, 7) is 4.43. The van der Waals surface area contributed by atoms with Crippen molar-refractivity contribution in [2.45, 2.75) is 25.3 Å². The highest BCUT2D eigenvalue weighted by Gasteiger charge is 2.17. The normalized spacial score (nSPS) is 17.9. The topological polar surface area (TPSA) is 78.9 Å². The van der Waals surface area contributed by atoms with Gasteiger partial charge in [0.05, 0.1) is 13.2 Å². The maximum atomic E-state index is 11.5. The van der Waals surface area contributed by atoms with Crippen molar-refractivity contribution in [3.05, 3.63) is 0 Å². The van der Waals surface area contributed by atoms with Gasteiger partial charge in [0.15, 0.2) is 0 Å². The van der Waals surface area contributed by atoms with Gasteiger partial charge in [0.1, 0.15) is 6.04 Å². The Morgan fingerprint density at radius 2 is 2.00 bits per heavy atom. The molecular formula is C12H22N2O4S. The second kappa shape index (κ2) is 9.17. The number of unbranched alkanes of at least 4 members (excludes halogenated alkanes) is 1. The number of carboxylic acid groups (broad SMARTS) is 1. The van der Waals surface area contributed by atoms with E-state index in [1.807, 2.05) is 0 Å². The third kappa shape index (κ3) is 6.79. The number of hydrogen-bond acceptors (Lipinski definition) is 5. The van der Waals surface area contributed by atoms with Gasteiger partial charge < -0.3 is 15.2 Å². The summed E-state index contributed by atoms with van der Waals surface area (Å²) in [5.74, 6) is -1.16. The van der Waals surface area contributed by atoms with E-state index in [0.29, 0.717) is 6.42 Å². The highest BCUT2D eigenvalue weighted by molar-refractivity contribution is 7.80. The van der Waals surface area contributed by atoms with Crippen LogP contribution in [0.1, 0.15) is 19.3 Å². The van der Waals surface area contributed by atoms with Gasteiger partial charge in [-0.3, -0.25) is 9.69 Å². The van der Waals surface area contributed by atoms with E-state index in [4.69, 9.17) is 9.84 Å². The fourth-order valence-corrected chi connectivity index (χ4v) is 2.15. The molecule has 1 atom stereocenters. The molecule has 2 N–H and O–H groups in total. The fraction of sp³-hybridized carbons (Fsp3) is 0.833. The maximum Gasteiger partial charge on any atom is 0.327 e. The molecule has 0 aliphatic carbocycles. The number of hydrogen-bond donors (Lipinski definition) is 3. The molecule has 0 aromatic rings. The second-order valence-corrected chi connectivity index (χ2v) is 4.92. The molecule has 6 nitrogen and oxygen atoms in total. The average molecular weight is 290 g/mol. The Morgan fingerprint density at radius 1 is 1.32 bits per heavy atom. The summed E-state index contributed by atoms with van der Waals surface area (Å²) in [5, 5.41) is 11.2. The molecule has 0 bridgehead atoms. The third-order valence-corrected chi connectivity index (χ3v) is 3.41. The largest absolute Gasteiger partial charge is 0.480 e. The van der Waals surface area contributed by atoms with Crippen LogP contribution in [0.3, 0.4) is 0 Å². The minimum atomic E-state index is -1.04. The lowest BCUT2D eigenvalue weighted by molar-refractivity contribution is -0.141. The van der Waals surface area contributed by atoms with Gasteiger partial charge in [-0.1, -0.05) is 0 Å². The highest BCUT2D eigenvalue weighted by Crippen LogP contribution is 2.02. The number of thiol groups is 1. The quantitative estimate of drug-likeness (QED) is 0.433. The number of amides is 1. The molecule has 1 aliphatic rings. The molecule has 1 aliphatic heterocycles. The van der Waals surface area contributed by atoms with Crippen molar-refractivity contribution in [1.82, 2.24) is 10.2 Å². The summed E-state index contributed by atoms with van der Waals surface area (Å²) in [6, 6.07) is -0.893. The van der Waals surface area contributed by atoms with Crippen LogP contribution in [-0.2, 0) is 14.3 Å². The monoisotopic (exact) mass is 290 g/mol. The van der Waals surface area contributed by atoms with Gasteiger partial charge >= 0.3 is 5.97 Å². The standard InChI is InChI=1S/C12H22N2O4S/c15-11(13-10(9-19)12(16)17)3-1-2-4-14-5-7-18-8-6-14/h10,19H,1-9H2,(H,13,15)(H,16,17)/t10-/m0/s1. The zero-order chi connectivity index (χ0) is 14.1. The molecule has 0 unspecified atom stereocenters. The van der Waals surface area contributed by atoms with E-state index in [2.05, 4.69) is 22.8 Å². The predicted molar refractivity (Wildman–Crippen MR) is 74.5 cm³/mol. The molecule has 1 heterocycles. The van der Waals surface area contributed by atoms with Crippen molar-refractivity contribution in [2.75, 3.05) is 38.6 Å². The van der Waals surface area contributed by atoms with E-state index in [1.54, 1.807) is 0 Å². The minimum Gasteiger partial charge on any atom is -0.480 e. The number of nitrogens with zero attached hydrogens (tertiary/aromatic N) is 1. The minimum absolute atomic E-state index is 0.106. The van der Waals surface area contributed by atoms with Crippen molar-refractivity contribution < 1.29 is 19.4 Å². The van der Waals surface area contributed by atoms with Gasteiger partial charge in [-0.15, -0.1) is 0 Å². The van der Waals surface area contributed by atoms with E-state index < -0.39 is 12.0 Å². The first-order valence-electron chi connectivity index (χ1n) is 6.56. The first kappa shape index (κ1) is 16.3. The van der Waals surface area contributed by atoms with Gasteiger partial charge in [-0.2, -0.15) is 12.6 Å². The summed E-state index contributed by atoms with van der Waals surface area (Å²) in [4.78, 5) is 24.6. The van der Waals surface area contributed by atoms with Crippen LogP contribution in [-0.4, -0.2) is 66.5 Å². The van der Waals surface area contributed by atoms with E-state index in [9.17, 15) is 9.59 Å². The smallest absolute Gasteiger partial charge is 0.327 e. The number of aliphatic carboxylic acids is 1. The Bertz CT molecular complexity index is 295. The number of nitrogens with one attached hydrogen (secondary N) is 1. The van der Waals surface area contributed by atoms with Gasteiger partial charge in [0.2, 0.25) is 5.91 Å². The molecule has 0 radical (unpaired) electrons. The Morgan fingerprint density at radius 3 is 2.58 bits per heavy atom. The first-order valence-corrected chi connectivity index (χ1v) is 7.20. The number of carbonyl (C=O) groups excluding carboxylic acids is 1. The SMILES string of the molecule is O=C(CCCCN1CCOCC1)N[C@@H](CS)C(=O)O. The molecule has 1 saturated heterocycles. The molecule has 7 heteroatoms. The molecule has 0 aromatic heterocycles. The van der Waals surface area contributed by atoms with Gasteiger partial charge in [0.25, 0.3) is 0 Å². The van der Waals surface area contributed by atoms with Crippen LogP contribution in [0.5, 0.6) is 0 Å². The molecule has 110 valence electrons. The summed E-state index contributed by atoms with van der Waals surface area (Å²) in [6.07, 6.45) is 2.07. The van der Waals surface area contributed by atoms with Gasteiger partial charge in [-0.25, -0.2) is 4.79 Å². The number of carboxylic acids is 1. The fourth-order valence-electron chi connectivity index (χ4n) is 1.90. The van der Waals surface area contributed by atoms with E-state index in [0.717, 1.165) is 45.7 Å². The molecule has 1 fully saturated rings.